The SMILES string of the molecule is C#CC(O)C1COc2c(cn(C)c2C(=O)Nc2ccc(F)c(C#N)c2)S(=O)N1. The van der Waals surface area contributed by atoms with Crippen molar-refractivity contribution in [3.8, 4) is 24.2 Å². The third-order valence-corrected chi connectivity index (χ3v) is 5.29. The van der Waals surface area contributed by atoms with E-state index in [1.165, 1.54) is 22.9 Å². The van der Waals surface area contributed by atoms with E-state index in [0.717, 1.165) is 6.07 Å². The number of anilines is 1. The molecule has 3 unspecified atom stereocenters. The number of aromatic nitrogens is 1. The van der Waals surface area contributed by atoms with Gasteiger partial charge in [-0.15, -0.1) is 6.42 Å². The number of amides is 1. The Morgan fingerprint density at radius 2 is 2.36 bits per heavy atom. The molecule has 0 saturated heterocycles. The Kier molecular flexibility index (Phi) is 5.47. The maximum Gasteiger partial charge on any atom is 0.276 e. The van der Waals surface area contributed by atoms with Crippen LogP contribution in [-0.2, 0) is 18.0 Å². The molecule has 8 nitrogen and oxygen atoms in total. The van der Waals surface area contributed by atoms with Gasteiger partial charge in [-0.3, -0.25) is 4.79 Å². The summed E-state index contributed by atoms with van der Waals surface area (Å²) in [7, 11) is -0.197. The van der Waals surface area contributed by atoms with Gasteiger partial charge in [0.1, 0.15) is 40.5 Å². The van der Waals surface area contributed by atoms with Gasteiger partial charge >= 0.3 is 0 Å². The number of carbonyl (C=O) groups excluding carboxylic acids is 1. The van der Waals surface area contributed by atoms with Crippen molar-refractivity contribution in [2.75, 3.05) is 11.9 Å². The van der Waals surface area contributed by atoms with E-state index in [9.17, 15) is 18.5 Å². The van der Waals surface area contributed by atoms with E-state index in [-0.39, 0.29) is 34.2 Å². The number of rotatable bonds is 3. The van der Waals surface area contributed by atoms with Crippen LogP contribution in [0.4, 0.5) is 10.1 Å². The number of halogens is 1. The van der Waals surface area contributed by atoms with Crippen LogP contribution in [0.5, 0.6) is 5.75 Å². The molecule has 10 heteroatoms. The Bertz CT molecular complexity index is 1050. The Morgan fingerprint density at radius 1 is 1.61 bits per heavy atom. The monoisotopic (exact) mass is 402 g/mol. The number of carbonyl (C=O) groups is 1. The standard InChI is InChI=1S/C18H15FN4O4S/c1-3-14(24)13-9-27-17-15(28(26)22-13)8-23(2)16(17)18(25)21-11-4-5-12(19)10(6-11)7-20/h1,4-6,8,13-14,22,24H,9H2,2H3,(H,21,25). The van der Waals surface area contributed by atoms with Gasteiger partial charge < -0.3 is 19.7 Å². The molecule has 0 saturated carbocycles. The Labute approximate surface area is 162 Å². The molecule has 0 spiro atoms. The molecule has 0 radical (unpaired) electrons. The van der Waals surface area contributed by atoms with Gasteiger partial charge in [0, 0.05) is 18.9 Å². The Morgan fingerprint density at radius 3 is 3.04 bits per heavy atom. The van der Waals surface area contributed by atoms with Crippen LogP contribution in [0.3, 0.4) is 0 Å². The summed E-state index contributed by atoms with van der Waals surface area (Å²) in [6.07, 6.45) is 5.43. The number of fused-ring (bicyclic) bond motifs is 1. The minimum Gasteiger partial charge on any atom is -0.488 e. The summed E-state index contributed by atoms with van der Waals surface area (Å²) in [5, 5.41) is 21.3. The zero-order valence-electron chi connectivity index (χ0n) is 14.6. The quantitative estimate of drug-likeness (QED) is 0.652. The number of nitrogens with one attached hydrogen (secondary N) is 2. The van der Waals surface area contributed by atoms with Gasteiger partial charge in [0.15, 0.2) is 11.4 Å². The lowest BCUT2D eigenvalue weighted by Crippen LogP contribution is -2.43. The molecule has 0 bridgehead atoms. The van der Waals surface area contributed by atoms with Crippen LogP contribution in [-0.4, -0.2) is 38.5 Å². The van der Waals surface area contributed by atoms with Crippen molar-refractivity contribution in [3.05, 3.63) is 41.5 Å². The maximum atomic E-state index is 13.5. The fourth-order valence-corrected chi connectivity index (χ4v) is 3.85. The van der Waals surface area contributed by atoms with Gasteiger partial charge in [0.05, 0.1) is 11.6 Å². The van der Waals surface area contributed by atoms with Crippen molar-refractivity contribution in [1.82, 2.24) is 9.29 Å². The molecule has 3 atom stereocenters. The van der Waals surface area contributed by atoms with Crippen LogP contribution >= 0.6 is 0 Å². The lowest BCUT2D eigenvalue weighted by molar-refractivity contribution is 0.101. The second-order valence-electron chi connectivity index (χ2n) is 5.96. The van der Waals surface area contributed by atoms with E-state index in [0.29, 0.717) is 0 Å². The summed E-state index contributed by atoms with van der Waals surface area (Å²) in [5.41, 5.74) is 0.0754. The molecule has 2 aromatic rings. The summed E-state index contributed by atoms with van der Waals surface area (Å²) < 4.78 is 35.7. The van der Waals surface area contributed by atoms with Gasteiger partial charge in [-0.1, -0.05) is 5.92 Å². The van der Waals surface area contributed by atoms with Crippen LogP contribution in [0.1, 0.15) is 16.1 Å². The van der Waals surface area contributed by atoms with Gasteiger partial charge in [-0.2, -0.15) is 5.26 Å². The van der Waals surface area contributed by atoms with Crippen LogP contribution in [0.2, 0.25) is 0 Å². The molecule has 1 amide bonds. The largest absolute Gasteiger partial charge is 0.488 e. The number of benzene rings is 1. The smallest absolute Gasteiger partial charge is 0.276 e. The molecule has 1 aliphatic rings. The molecule has 144 valence electrons. The molecule has 0 aliphatic carbocycles. The van der Waals surface area contributed by atoms with E-state index in [1.54, 1.807) is 13.1 Å². The summed E-state index contributed by atoms with van der Waals surface area (Å²) in [5.74, 6) is 0.917. The van der Waals surface area contributed by atoms with Crippen molar-refractivity contribution < 1.29 is 23.2 Å². The van der Waals surface area contributed by atoms with Gasteiger partial charge in [-0.25, -0.2) is 13.3 Å². The van der Waals surface area contributed by atoms with Crippen molar-refractivity contribution in [3.63, 3.8) is 0 Å². The predicted molar refractivity (Wildman–Crippen MR) is 98.1 cm³/mol. The first-order valence-electron chi connectivity index (χ1n) is 8.01. The first kappa shape index (κ1) is 19.6. The number of nitriles is 1. The third-order valence-electron chi connectivity index (χ3n) is 4.08. The Balaban J connectivity index is 1.91. The highest BCUT2D eigenvalue weighted by molar-refractivity contribution is 7.83. The second kappa shape index (κ2) is 7.82. The highest BCUT2D eigenvalue weighted by Gasteiger charge is 2.32. The maximum absolute atomic E-state index is 13.5. The van der Waals surface area contributed by atoms with Gasteiger partial charge in [0.2, 0.25) is 0 Å². The van der Waals surface area contributed by atoms with Gasteiger partial charge in [0.25, 0.3) is 5.91 Å². The zero-order valence-corrected chi connectivity index (χ0v) is 15.4. The van der Waals surface area contributed by atoms with Crippen LogP contribution in [0.15, 0.2) is 29.3 Å². The minimum atomic E-state index is -1.77. The number of hydrogen-bond donors (Lipinski definition) is 3. The lowest BCUT2D eigenvalue weighted by atomic mass is 10.2. The number of aryl methyl sites for hydroxylation is 1. The van der Waals surface area contributed by atoms with E-state index < -0.39 is 34.9 Å². The summed E-state index contributed by atoms with van der Waals surface area (Å²) in [4.78, 5) is 13.0. The number of terminal acetylenes is 1. The van der Waals surface area contributed by atoms with E-state index in [4.69, 9.17) is 16.4 Å². The fraction of sp³-hybridized carbons (Fsp3) is 0.222. The van der Waals surface area contributed by atoms with Crippen LogP contribution < -0.4 is 14.8 Å². The normalized spacial score (nSPS) is 19.3. The summed E-state index contributed by atoms with van der Waals surface area (Å²) >= 11 is 0. The highest BCUT2D eigenvalue weighted by Crippen LogP contribution is 2.31. The molecule has 3 N–H and O–H groups in total. The Hall–Kier alpha value is -3.18. The minimum absolute atomic E-state index is 0.0730. The highest BCUT2D eigenvalue weighted by atomic mass is 32.2. The number of nitrogens with zero attached hydrogens (tertiary/aromatic N) is 2. The molecular weight excluding hydrogens is 387 g/mol. The number of hydrogen-bond acceptors (Lipinski definition) is 5. The summed E-state index contributed by atoms with van der Waals surface area (Å²) in [6.45, 7) is -0.108. The van der Waals surface area contributed by atoms with E-state index in [2.05, 4.69) is 16.0 Å². The molecule has 0 fully saturated rings. The molecule has 28 heavy (non-hydrogen) atoms. The lowest BCUT2D eigenvalue weighted by Gasteiger charge is -2.17. The molecule has 2 heterocycles. The summed E-state index contributed by atoms with van der Waals surface area (Å²) in [6, 6.07) is 4.50. The van der Waals surface area contributed by atoms with Gasteiger partial charge in [-0.05, 0) is 18.2 Å². The first-order chi connectivity index (χ1) is 13.3. The number of aliphatic hydroxyl groups is 1. The van der Waals surface area contributed by atoms with Crippen molar-refractivity contribution >= 4 is 22.6 Å². The average Bonchev–Trinajstić information content (AvgIpc) is 2.93. The third kappa shape index (κ3) is 3.62. The molecule has 1 aromatic heterocycles. The van der Waals surface area contributed by atoms with Crippen LogP contribution in [0, 0.1) is 29.5 Å². The average molecular weight is 402 g/mol. The molecule has 1 aliphatic heterocycles. The van der Waals surface area contributed by atoms with E-state index in [1.807, 2.05) is 0 Å². The first-order valence-corrected chi connectivity index (χ1v) is 9.16. The predicted octanol–water partition coefficient (Wildman–Crippen LogP) is 0.655. The fourth-order valence-electron chi connectivity index (χ4n) is 2.67. The molecular formula is C18H15FN4O4S. The second-order valence-corrected chi connectivity index (χ2v) is 7.17. The number of aliphatic hydroxyl groups excluding tert-OH is 1. The molecule has 1 aromatic carbocycles. The topological polar surface area (TPSA) is 116 Å². The van der Waals surface area contributed by atoms with Crippen molar-refractivity contribution in [2.45, 2.75) is 17.0 Å². The number of ether oxygens (including phenoxy) is 1. The van der Waals surface area contributed by atoms with Crippen molar-refractivity contribution in [2.24, 2.45) is 7.05 Å². The van der Waals surface area contributed by atoms with Crippen molar-refractivity contribution in [1.29, 1.82) is 5.26 Å². The van der Waals surface area contributed by atoms with E-state index >= 15 is 0 Å². The zero-order chi connectivity index (χ0) is 20.4. The van der Waals surface area contributed by atoms with Crippen LogP contribution in [0.25, 0.3) is 0 Å². The molecule has 3 rings (SSSR count).